The lowest BCUT2D eigenvalue weighted by Crippen LogP contribution is -2.69. The first-order chi connectivity index (χ1) is 17.7. The molecule has 1 aromatic carbocycles. The number of rotatable bonds is 5. The lowest BCUT2D eigenvalue weighted by Gasteiger charge is -2.66. The van der Waals surface area contributed by atoms with Crippen molar-refractivity contribution in [1.29, 1.82) is 0 Å². The summed E-state index contributed by atoms with van der Waals surface area (Å²) in [6.07, 6.45) is 10.5. The number of ether oxygens (including phenoxy) is 1. The molecule has 0 saturated heterocycles. The van der Waals surface area contributed by atoms with Crippen molar-refractivity contribution in [2.24, 2.45) is 34.5 Å². The van der Waals surface area contributed by atoms with Gasteiger partial charge in [-0.05, 0) is 79.4 Å². The predicted octanol–water partition coefficient (Wildman–Crippen LogP) is 5.49. The molecule has 0 aromatic heterocycles. The number of ketones is 1. The van der Waals surface area contributed by atoms with E-state index in [4.69, 9.17) is 4.74 Å². The molecule has 196 valence electrons. The van der Waals surface area contributed by atoms with Gasteiger partial charge in [-0.25, -0.2) is 4.79 Å². The highest BCUT2D eigenvalue weighted by molar-refractivity contribution is 6.03. The average molecular weight is 503 g/mol. The summed E-state index contributed by atoms with van der Waals surface area (Å²) in [7, 11) is 0. The number of carbonyl (C=O) groups is 3. The van der Waals surface area contributed by atoms with Crippen molar-refractivity contribution in [3.63, 3.8) is 0 Å². The number of Topliss-reactive ketones (excluding diaryl/α,β-unsaturated/α-hetero) is 1. The van der Waals surface area contributed by atoms with Crippen LogP contribution >= 0.6 is 0 Å². The molecule has 0 heterocycles. The molecule has 1 spiro atoms. The van der Waals surface area contributed by atoms with Crippen molar-refractivity contribution in [2.45, 2.75) is 70.0 Å². The van der Waals surface area contributed by atoms with Crippen LogP contribution in [0.5, 0.6) is 0 Å². The van der Waals surface area contributed by atoms with Crippen molar-refractivity contribution in [3.8, 4) is 0 Å². The first kappa shape index (κ1) is 25.8. The average Bonchev–Trinajstić information content (AvgIpc) is 2.92. The number of benzene rings is 1. The second-order valence-electron chi connectivity index (χ2n) is 11.9. The van der Waals surface area contributed by atoms with Gasteiger partial charge in [-0.2, -0.15) is 0 Å². The Bertz CT molecular complexity index is 1140. The minimum atomic E-state index is -1.12. The molecule has 5 saturated carbocycles. The largest absolute Gasteiger partial charge is 0.458 e. The summed E-state index contributed by atoms with van der Waals surface area (Å²) in [6.45, 7) is 10.1. The smallest absolute Gasteiger partial charge is 0.331 e. The van der Waals surface area contributed by atoms with Crippen molar-refractivity contribution >= 4 is 24.1 Å². The predicted molar refractivity (Wildman–Crippen MR) is 142 cm³/mol. The molecule has 0 aliphatic heterocycles. The summed E-state index contributed by atoms with van der Waals surface area (Å²) < 4.78 is 6.17. The third-order valence-corrected chi connectivity index (χ3v) is 10.5. The van der Waals surface area contributed by atoms with Crippen LogP contribution in [0, 0.1) is 34.5 Å². The van der Waals surface area contributed by atoms with E-state index in [0.717, 1.165) is 31.1 Å². The molecule has 4 unspecified atom stereocenters. The van der Waals surface area contributed by atoms with Crippen LogP contribution < -0.4 is 0 Å². The molecule has 5 heteroatoms. The number of fused-ring (bicyclic) bond motifs is 3. The zero-order chi connectivity index (χ0) is 26.4. The summed E-state index contributed by atoms with van der Waals surface area (Å²) >= 11 is 0. The fraction of sp³-hybridized carbons (Fsp3) is 0.531. The van der Waals surface area contributed by atoms with E-state index in [1.807, 2.05) is 37.3 Å². The van der Waals surface area contributed by atoms with Crippen LogP contribution in [0.4, 0.5) is 0 Å². The fourth-order valence-corrected chi connectivity index (χ4v) is 8.44. The maximum absolute atomic E-state index is 14.0. The van der Waals surface area contributed by atoms with Crippen LogP contribution in [0.3, 0.4) is 0 Å². The first-order valence-corrected chi connectivity index (χ1v) is 13.7. The van der Waals surface area contributed by atoms with Crippen LogP contribution in [-0.2, 0) is 19.1 Å². The number of hydrogen-bond donors (Lipinski definition) is 1. The normalized spacial score (nSPS) is 41.3. The first-order valence-electron chi connectivity index (χ1n) is 13.7. The Kier molecular flexibility index (Phi) is 6.64. The van der Waals surface area contributed by atoms with Crippen molar-refractivity contribution in [2.75, 3.05) is 0 Å². The molecular formula is C32H38O5. The Hall–Kier alpha value is -2.79. The van der Waals surface area contributed by atoms with E-state index in [9.17, 15) is 19.5 Å². The van der Waals surface area contributed by atoms with Crippen molar-refractivity contribution < 1.29 is 24.2 Å². The SMILES string of the molecule is C=C[C@@]1(O)CCCC[C@]2(C=O)C(C[C@@H](OC(=O)/C=C/c3ccccc3)[C@@]34CCC(CC23)C(=C)C4=O)C1C. The van der Waals surface area contributed by atoms with E-state index in [1.54, 1.807) is 12.2 Å². The molecule has 5 aliphatic carbocycles. The molecule has 0 radical (unpaired) electrons. The van der Waals surface area contributed by atoms with E-state index in [-0.39, 0.29) is 29.5 Å². The summed E-state index contributed by atoms with van der Waals surface area (Å²) in [5.74, 6) is -1.21. The van der Waals surface area contributed by atoms with Crippen LogP contribution in [0.2, 0.25) is 0 Å². The zero-order valence-electron chi connectivity index (χ0n) is 21.7. The van der Waals surface area contributed by atoms with Crippen LogP contribution in [-0.4, -0.2) is 34.9 Å². The van der Waals surface area contributed by atoms with Gasteiger partial charge in [-0.1, -0.05) is 62.8 Å². The van der Waals surface area contributed by atoms with Gasteiger partial charge in [0.2, 0.25) is 0 Å². The lowest BCUT2D eigenvalue weighted by molar-refractivity contribution is -0.214. The minimum absolute atomic E-state index is 0.0294. The van der Waals surface area contributed by atoms with Crippen LogP contribution in [0.1, 0.15) is 63.9 Å². The highest BCUT2D eigenvalue weighted by Crippen LogP contribution is 2.69. The standard InChI is InChI=1S/C32H38O5/c1-4-31(36)16-9-8-15-30(20-33)25(22(31)3)19-27(37-28(34)13-12-23-10-6-5-7-11-23)32-17-14-24(18-26(30)32)21(2)29(32)35/h4-7,10-13,20,22,24-27,36H,1-2,8-9,14-19H2,3H3/b13-12+/t22?,24?,25?,26?,27-,30+,31-,32-/m1/s1. The molecule has 5 aliphatic rings. The summed E-state index contributed by atoms with van der Waals surface area (Å²) in [6, 6.07) is 9.51. The van der Waals surface area contributed by atoms with E-state index < -0.39 is 28.5 Å². The Morgan fingerprint density at radius 1 is 1.14 bits per heavy atom. The maximum atomic E-state index is 14.0. The third-order valence-electron chi connectivity index (χ3n) is 10.5. The van der Waals surface area contributed by atoms with Crippen molar-refractivity contribution in [1.82, 2.24) is 0 Å². The molecular weight excluding hydrogens is 464 g/mol. The quantitative estimate of drug-likeness (QED) is 0.249. The molecule has 8 atom stereocenters. The molecule has 1 aromatic rings. The second kappa shape index (κ2) is 9.50. The topological polar surface area (TPSA) is 80.7 Å². The van der Waals surface area contributed by atoms with Gasteiger partial charge in [0, 0.05) is 11.5 Å². The molecule has 0 amide bonds. The Morgan fingerprint density at radius 2 is 1.86 bits per heavy atom. The number of esters is 1. The number of allylic oxidation sites excluding steroid dienone is 1. The van der Waals surface area contributed by atoms with Gasteiger partial charge >= 0.3 is 5.97 Å². The zero-order valence-corrected chi connectivity index (χ0v) is 21.7. The molecule has 2 bridgehead atoms. The van der Waals surface area contributed by atoms with Gasteiger partial charge in [0.1, 0.15) is 12.4 Å². The fourth-order valence-electron chi connectivity index (χ4n) is 8.44. The summed E-state index contributed by atoms with van der Waals surface area (Å²) in [4.78, 5) is 40.3. The second-order valence-corrected chi connectivity index (χ2v) is 11.9. The monoisotopic (exact) mass is 502 g/mol. The summed E-state index contributed by atoms with van der Waals surface area (Å²) in [5, 5.41) is 11.6. The van der Waals surface area contributed by atoms with E-state index in [2.05, 4.69) is 13.2 Å². The van der Waals surface area contributed by atoms with Gasteiger partial charge in [0.15, 0.2) is 5.78 Å². The highest BCUT2D eigenvalue weighted by Gasteiger charge is 2.71. The molecule has 5 fully saturated rings. The number of hydrogen-bond acceptors (Lipinski definition) is 5. The number of aliphatic hydroxyl groups is 1. The molecule has 6 rings (SSSR count). The van der Waals surface area contributed by atoms with Crippen molar-refractivity contribution in [3.05, 3.63) is 66.8 Å². The van der Waals surface area contributed by atoms with Gasteiger partial charge < -0.3 is 14.6 Å². The van der Waals surface area contributed by atoms with Crippen LogP contribution in [0.25, 0.3) is 6.08 Å². The molecule has 5 nitrogen and oxygen atoms in total. The van der Waals surface area contributed by atoms with Gasteiger partial charge in [0.05, 0.1) is 11.0 Å². The third kappa shape index (κ3) is 3.89. The lowest BCUT2D eigenvalue weighted by atomic mass is 9.37. The van der Waals surface area contributed by atoms with Gasteiger partial charge in [-0.3, -0.25) is 4.79 Å². The highest BCUT2D eigenvalue weighted by atomic mass is 16.5. The van der Waals surface area contributed by atoms with Gasteiger partial charge in [0.25, 0.3) is 0 Å². The maximum Gasteiger partial charge on any atom is 0.331 e. The van der Waals surface area contributed by atoms with E-state index >= 15 is 0 Å². The number of aldehydes is 1. The molecule has 1 N–H and O–H groups in total. The molecule has 37 heavy (non-hydrogen) atoms. The Labute approximate surface area is 219 Å². The van der Waals surface area contributed by atoms with E-state index in [1.165, 1.54) is 6.08 Å². The summed E-state index contributed by atoms with van der Waals surface area (Å²) in [5.41, 5.74) is -1.32. The van der Waals surface area contributed by atoms with E-state index in [0.29, 0.717) is 37.7 Å². The van der Waals surface area contributed by atoms with Crippen LogP contribution in [0.15, 0.2) is 61.2 Å². The number of carbonyl (C=O) groups excluding carboxylic acids is 3. The van der Waals surface area contributed by atoms with Gasteiger partial charge in [-0.15, -0.1) is 6.58 Å². The minimum Gasteiger partial charge on any atom is -0.458 e. The Balaban J connectivity index is 1.57. The Morgan fingerprint density at radius 3 is 2.57 bits per heavy atom.